The standard InChI is InChI=1S/C26H17N5/c1-4-17(14-27-7-1)20-10-22-11-21(18-5-2-8-28-15-18)13-24-25(22)23(12-20)30-26(31-24)19-6-3-9-29-16-19/h1-16H,(H,30,31). The number of hydrogen-bond donors (Lipinski definition) is 1. The molecule has 0 saturated carbocycles. The molecule has 6 rings (SSSR count). The lowest BCUT2D eigenvalue weighted by atomic mass is 9.95. The Morgan fingerprint density at radius 3 is 1.74 bits per heavy atom. The van der Waals surface area contributed by atoms with Crippen molar-refractivity contribution in [1.82, 2.24) is 15.0 Å². The highest BCUT2D eigenvalue weighted by molar-refractivity contribution is 6.20. The molecule has 0 bridgehead atoms. The number of amidine groups is 1. The van der Waals surface area contributed by atoms with Crippen LogP contribution in [0.15, 0.2) is 103 Å². The first-order valence-electron chi connectivity index (χ1n) is 10.0. The number of nitrogens with one attached hydrogen (secondary N) is 1. The van der Waals surface area contributed by atoms with E-state index in [-0.39, 0.29) is 0 Å². The molecule has 1 aliphatic heterocycles. The van der Waals surface area contributed by atoms with E-state index in [4.69, 9.17) is 4.99 Å². The van der Waals surface area contributed by atoms with Gasteiger partial charge in [-0.25, -0.2) is 4.99 Å². The zero-order valence-electron chi connectivity index (χ0n) is 16.5. The predicted octanol–water partition coefficient (Wildman–Crippen LogP) is 5.86. The molecule has 2 aromatic carbocycles. The van der Waals surface area contributed by atoms with Crippen LogP contribution in [0.1, 0.15) is 5.56 Å². The molecule has 3 aromatic heterocycles. The lowest BCUT2D eigenvalue weighted by molar-refractivity contribution is 1.31. The van der Waals surface area contributed by atoms with Crippen molar-refractivity contribution in [3.8, 4) is 22.3 Å². The van der Waals surface area contributed by atoms with E-state index in [1.807, 2.05) is 42.9 Å². The van der Waals surface area contributed by atoms with Crippen LogP contribution in [0.5, 0.6) is 0 Å². The first-order valence-corrected chi connectivity index (χ1v) is 10.0. The summed E-state index contributed by atoms with van der Waals surface area (Å²) in [6.45, 7) is 0. The molecule has 0 radical (unpaired) electrons. The van der Waals surface area contributed by atoms with Crippen molar-refractivity contribution in [3.63, 3.8) is 0 Å². The van der Waals surface area contributed by atoms with Gasteiger partial charge in [-0.05, 0) is 65.0 Å². The summed E-state index contributed by atoms with van der Waals surface area (Å²) in [7, 11) is 0. The second kappa shape index (κ2) is 7.15. The lowest BCUT2D eigenvalue weighted by Crippen LogP contribution is -2.16. The van der Waals surface area contributed by atoms with Crippen LogP contribution < -0.4 is 5.32 Å². The first kappa shape index (κ1) is 17.5. The van der Waals surface area contributed by atoms with Crippen molar-refractivity contribution in [2.45, 2.75) is 0 Å². The van der Waals surface area contributed by atoms with Crippen LogP contribution in [0.4, 0.5) is 11.4 Å². The minimum Gasteiger partial charge on any atom is -0.339 e. The van der Waals surface area contributed by atoms with Crippen LogP contribution in [-0.4, -0.2) is 20.8 Å². The molecule has 0 fully saturated rings. The van der Waals surface area contributed by atoms with Gasteiger partial charge in [0.25, 0.3) is 0 Å². The molecule has 0 atom stereocenters. The Kier molecular flexibility index (Phi) is 4.03. The summed E-state index contributed by atoms with van der Waals surface area (Å²) in [4.78, 5) is 17.8. The van der Waals surface area contributed by atoms with E-state index in [9.17, 15) is 0 Å². The highest BCUT2D eigenvalue weighted by Crippen LogP contribution is 2.42. The quantitative estimate of drug-likeness (QED) is 0.413. The molecule has 1 N–H and O–H groups in total. The SMILES string of the molecule is c1cncc(C2=Nc3cc(-c4cccnc4)cc4cc(-c5cccnc5)cc(c34)N2)c1. The first-order chi connectivity index (χ1) is 15.3. The molecule has 4 heterocycles. The molecule has 31 heavy (non-hydrogen) atoms. The van der Waals surface area contributed by atoms with Crippen molar-refractivity contribution in [2.75, 3.05) is 5.32 Å². The van der Waals surface area contributed by atoms with E-state index in [1.165, 1.54) is 0 Å². The lowest BCUT2D eigenvalue weighted by Gasteiger charge is -2.21. The normalized spacial score (nSPS) is 12.3. The summed E-state index contributed by atoms with van der Waals surface area (Å²) < 4.78 is 0. The Hall–Kier alpha value is -4.38. The Balaban J connectivity index is 1.62. The van der Waals surface area contributed by atoms with Gasteiger partial charge in [0.2, 0.25) is 0 Å². The maximum Gasteiger partial charge on any atom is 0.139 e. The van der Waals surface area contributed by atoms with Gasteiger partial charge in [-0.2, -0.15) is 0 Å². The van der Waals surface area contributed by atoms with E-state index in [2.05, 4.69) is 56.7 Å². The average Bonchev–Trinajstić information content (AvgIpc) is 2.85. The average molecular weight is 399 g/mol. The van der Waals surface area contributed by atoms with Crippen LogP contribution in [-0.2, 0) is 0 Å². The topological polar surface area (TPSA) is 63.1 Å². The van der Waals surface area contributed by atoms with Crippen molar-refractivity contribution in [1.29, 1.82) is 0 Å². The van der Waals surface area contributed by atoms with Gasteiger partial charge in [-0.15, -0.1) is 0 Å². The van der Waals surface area contributed by atoms with Crippen LogP contribution in [0.3, 0.4) is 0 Å². The fraction of sp³-hybridized carbons (Fsp3) is 0. The van der Waals surface area contributed by atoms with Crippen LogP contribution in [0.2, 0.25) is 0 Å². The van der Waals surface area contributed by atoms with Gasteiger partial charge in [-0.3, -0.25) is 15.0 Å². The molecule has 0 aliphatic carbocycles. The molecule has 5 nitrogen and oxygen atoms in total. The molecule has 0 saturated heterocycles. The molecule has 146 valence electrons. The Bertz CT molecular complexity index is 1420. The van der Waals surface area contributed by atoms with Gasteiger partial charge in [0.05, 0.1) is 11.4 Å². The van der Waals surface area contributed by atoms with Gasteiger partial charge < -0.3 is 5.32 Å². The minimum atomic E-state index is 0.786. The third kappa shape index (κ3) is 3.13. The van der Waals surface area contributed by atoms with Gasteiger partial charge in [-0.1, -0.05) is 12.1 Å². The zero-order chi connectivity index (χ0) is 20.6. The molecule has 0 amide bonds. The molecule has 0 unspecified atom stereocenters. The number of nitrogens with zero attached hydrogens (tertiary/aromatic N) is 4. The van der Waals surface area contributed by atoms with Crippen molar-refractivity contribution < 1.29 is 0 Å². The van der Waals surface area contributed by atoms with E-state index in [1.54, 1.807) is 18.6 Å². The third-order valence-corrected chi connectivity index (χ3v) is 5.44. The molecule has 5 aromatic rings. The van der Waals surface area contributed by atoms with E-state index in [0.29, 0.717) is 0 Å². The highest BCUT2D eigenvalue weighted by Gasteiger charge is 2.19. The van der Waals surface area contributed by atoms with Gasteiger partial charge in [0, 0.05) is 59.3 Å². The molecule has 1 aliphatic rings. The summed E-state index contributed by atoms with van der Waals surface area (Å²) in [5, 5.41) is 5.75. The van der Waals surface area contributed by atoms with Gasteiger partial charge in [0.15, 0.2) is 0 Å². The Labute approximate surface area is 179 Å². The number of pyridine rings is 3. The van der Waals surface area contributed by atoms with Crippen molar-refractivity contribution >= 4 is 28.0 Å². The monoisotopic (exact) mass is 399 g/mol. The number of anilines is 1. The van der Waals surface area contributed by atoms with Crippen LogP contribution in [0.25, 0.3) is 33.0 Å². The highest BCUT2D eigenvalue weighted by atomic mass is 15.0. The fourth-order valence-electron chi connectivity index (χ4n) is 4.00. The Morgan fingerprint density at radius 2 is 1.16 bits per heavy atom. The van der Waals surface area contributed by atoms with Gasteiger partial charge in [0.1, 0.15) is 5.84 Å². The van der Waals surface area contributed by atoms with E-state index < -0.39 is 0 Å². The minimum absolute atomic E-state index is 0.786. The van der Waals surface area contributed by atoms with Crippen molar-refractivity contribution in [3.05, 3.63) is 103 Å². The van der Waals surface area contributed by atoms with Crippen LogP contribution in [0, 0.1) is 0 Å². The molecular formula is C26H17N5. The Morgan fingerprint density at radius 1 is 0.581 bits per heavy atom. The number of aliphatic imine (C=N–C) groups is 1. The van der Waals surface area contributed by atoms with Gasteiger partial charge >= 0.3 is 0 Å². The summed E-state index contributed by atoms with van der Waals surface area (Å²) in [6, 6.07) is 20.7. The predicted molar refractivity (Wildman–Crippen MR) is 124 cm³/mol. The zero-order valence-corrected chi connectivity index (χ0v) is 16.5. The summed E-state index contributed by atoms with van der Waals surface area (Å²) in [5.74, 6) is 0.786. The van der Waals surface area contributed by atoms with Crippen molar-refractivity contribution in [2.24, 2.45) is 4.99 Å². The second-order valence-electron chi connectivity index (χ2n) is 7.43. The summed E-state index contributed by atoms with van der Waals surface area (Å²) in [5.41, 5.74) is 7.22. The number of benzene rings is 2. The molecular weight excluding hydrogens is 382 g/mol. The number of aromatic nitrogens is 3. The number of rotatable bonds is 3. The molecule has 5 heteroatoms. The third-order valence-electron chi connectivity index (χ3n) is 5.44. The summed E-state index contributed by atoms with van der Waals surface area (Å²) >= 11 is 0. The maximum absolute atomic E-state index is 4.96. The second-order valence-corrected chi connectivity index (χ2v) is 7.43. The number of hydrogen-bond acceptors (Lipinski definition) is 5. The summed E-state index contributed by atoms with van der Waals surface area (Å²) in [6.07, 6.45) is 10.9. The van der Waals surface area contributed by atoms with Crippen LogP contribution >= 0.6 is 0 Å². The smallest absolute Gasteiger partial charge is 0.139 e. The molecule has 0 spiro atoms. The van der Waals surface area contributed by atoms with E-state index in [0.717, 1.165) is 55.8 Å². The van der Waals surface area contributed by atoms with E-state index >= 15 is 0 Å². The maximum atomic E-state index is 4.96. The fourth-order valence-corrected chi connectivity index (χ4v) is 4.00. The largest absolute Gasteiger partial charge is 0.339 e.